The highest BCUT2D eigenvalue weighted by atomic mass is 35.5. The van der Waals surface area contributed by atoms with Crippen molar-refractivity contribution < 1.29 is 0 Å². The fourth-order valence-electron chi connectivity index (χ4n) is 6.14. The molecule has 0 saturated heterocycles. The number of fused-ring (bicyclic) bond motifs is 3. The number of imidazole rings is 3. The molecule has 0 amide bonds. The molecule has 0 spiro atoms. The van der Waals surface area contributed by atoms with E-state index in [1.807, 2.05) is 68.3 Å². The Morgan fingerprint density at radius 3 is 1.51 bits per heavy atom. The van der Waals surface area contributed by atoms with Crippen LogP contribution in [-0.4, -0.2) is 58.6 Å². The first-order chi connectivity index (χ1) is 24.2. The molecule has 0 aliphatic rings. The first kappa shape index (κ1) is 28.8. The molecule has 9 aromatic rings. The summed E-state index contributed by atoms with van der Waals surface area (Å²) in [6.45, 7) is 1.58. The van der Waals surface area contributed by atoms with E-state index in [1.54, 1.807) is 12.7 Å². The summed E-state index contributed by atoms with van der Waals surface area (Å²) in [6, 6.07) is 30.5. The lowest BCUT2D eigenvalue weighted by Crippen LogP contribution is -2.06. The molecule has 6 heterocycles. The molecular weight excluding hydrogens is 636 g/mol. The molecule has 49 heavy (non-hydrogen) atoms. The van der Waals surface area contributed by atoms with Gasteiger partial charge in [-0.15, -0.1) is 0 Å². The minimum Gasteiger partial charge on any atom is -0.311 e. The Kier molecular flexibility index (Phi) is 7.05. The normalized spacial score (nSPS) is 11.6. The van der Waals surface area contributed by atoms with Crippen molar-refractivity contribution in [1.29, 1.82) is 0 Å². The van der Waals surface area contributed by atoms with E-state index in [-0.39, 0.29) is 5.15 Å². The summed E-state index contributed by atoms with van der Waals surface area (Å²) < 4.78 is 6.05. The lowest BCUT2D eigenvalue weighted by atomic mass is 10.2. The van der Waals surface area contributed by atoms with Crippen LogP contribution < -0.4 is 0 Å². The van der Waals surface area contributed by atoms with E-state index >= 15 is 0 Å². The van der Waals surface area contributed by atoms with E-state index in [4.69, 9.17) is 41.5 Å². The molecule has 0 atom stereocenters. The van der Waals surface area contributed by atoms with Crippen molar-refractivity contribution in [3.8, 4) is 23.0 Å². The van der Waals surface area contributed by atoms with E-state index in [1.165, 1.54) is 12.7 Å². The molecule has 0 N–H and O–H groups in total. The van der Waals surface area contributed by atoms with Gasteiger partial charge < -0.3 is 13.7 Å². The molecule has 13 heteroatoms. The number of halogens is 1. The smallest absolute Gasteiger partial charge is 0.165 e. The summed E-state index contributed by atoms with van der Waals surface area (Å²) in [7, 11) is 0. The molecule has 0 fully saturated rings. The fraction of sp³-hybridized carbons (Fsp3) is 0.0833. The first-order valence-corrected chi connectivity index (χ1v) is 16.0. The third-order valence-electron chi connectivity index (χ3n) is 8.41. The van der Waals surface area contributed by atoms with Crippen molar-refractivity contribution in [2.75, 3.05) is 0 Å². The van der Waals surface area contributed by atoms with Gasteiger partial charge in [-0.25, -0.2) is 44.9 Å². The highest BCUT2D eigenvalue weighted by molar-refractivity contribution is 6.33. The van der Waals surface area contributed by atoms with Gasteiger partial charge in [-0.05, 0) is 16.7 Å². The van der Waals surface area contributed by atoms with E-state index in [9.17, 15) is 0 Å². The molecule has 0 saturated carbocycles. The SMILES string of the molecule is Clc1ncnc2c1nc(-c1ncnc3c1nc(-c1ncnc4c1ncn4Cc1ccccc1)n3Cc1ccccc1)n2Cc1ccccc1. The molecular formula is C36H25ClN12. The minimum absolute atomic E-state index is 0.258. The second-order valence-corrected chi connectivity index (χ2v) is 11.9. The zero-order valence-electron chi connectivity index (χ0n) is 25.8. The quantitative estimate of drug-likeness (QED) is 0.174. The second-order valence-electron chi connectivity index (χ2n) is 11.5. The minimum atomic E-state index is 0.258. The van der Waals surface area contributed by atoms with Gasteiger partial charge in [0.05, 0.1) is 26.0 Å². The van der Waals surface area contributed by atoms with Gasteiger partial charge in [-0.2, -0.15) is 0 Å². The Labute approximate surface area is 283 Å². The Morgan fingerprint density at radius 1 is 0.449 bits per heavy atom. The summed E-state index contributed by atoms with van der Waals surface area (Å²) in [4.78, 5) is 42.6. The Morgan fingerprint density at radius 2 is 0.918 bits per heavy atom. The van der Waals surface area contributed by atoms with E-state index in [2.05, 4.69) is 51.4 Å². The third-order valence-corrected chi connectivity index (χ3v) is 8.68. The number of aromatic nitrogens is 12. The summed E-state index contributed by atoms with van der Waals surface area (Å²) in [5.41, 5.74) is 7.98. The Balaban J connectivity index is 1.26. The van der Waals surface area contributed by atoms with Gasteiger partial charge in [-0.3, -0.25) is 0 Å². The molecule has 0 aliphatic heterocycles. The van der Waals surface area contributed by atoms with Gasteiger partial charge in [0.1, 0.15) is 46.9 Å². The third kappa shape index (κ3) is 5.15. The molecule has 236 valence electrons. The van der Waals surface area contributed by atoms with Crippen molar-refractivity contribution >= 4 is 45.1 Å². The number of hydrogen-bond acceptors (Lipinski definition) is 9. The topological polar surface area (TPSA) is 131 Å². The maximum absolute atomic E-state index is 6.56. The highest BCUT2D eigenvalue weighted by Crippen LogP contribution is 2.34. The molecule has 0 radical (unpaired) electrons. The van der Waals surface area contributed by atoms with E-state index < -0.39 is 0 Å². The van der Waals surface area contributed by atoms with Crippen LogP contribution in [0.3, 0.4) is 0 Å². The van der Waals surface area contributed by atoms with Gasteiger partial charge >= 0.3 is 0 Å². The van der Waals surface area contributed by atoms with Crippen LogP contribution in [0, 0.1) is 0 Å². The van der Waals surface area contributed by atoms with Crippen LogP contribution in [0.4, 0.5) is 0 Å². The van der Waals surface area contributed by atoms with Crippen molar-refractivity contribution in [3.63, 3.8) is 0 Å². The highest BCUT2D eigenvalue weighted by Gasteiger charge is 2.26. The molecule has 9 rings (SSSR count). The van der Waals surface area contributed by atoms with Crippen LogP contribution in [0.2, 0.25) is 5.15 Å². The average Bonchev–Trinajstić information content (AvgIpc) is 3.84. The molecule has 3 aromatic carbocycles. The monoisotopic (exact) mass is 660 g/mol. The number of hydrogen-bond donors (Lipinski definition) is 0. The molecule has 6 aromatic heterocycles. The van der Waals surface area contributed by atoms with Crippen LogP contribution in [0.1, 0.15) is 16.7 Å². The Bertz CT molecular complexity index is 2600. The van der Waals surface area contributed by atoms with Crippen molar-refractivity contribution in [2.45, 2.75) is 19.6 Å². The van der Waals surface area contributed by atoms with Crippen LogP contribution in [0.5, 0.6) is 0 Å². The van der Waals surface area contributed by atoms with Crippen LogP contribution in [0.15, 0.2) is 116 Å². The van der Waals surface area contributed by atoms with Gasteiger partial charge in [0, 0.05) is 0 Å². The van der Waals surface area contributed by atoms with Gasteiger partial charge in [0.15, 0.2) is 33.7 Å². The van der Waals surface area contributed by atoms with Crippen molar-refractivity contribution in [3.05, 3.63) is 138 Å². The number of benzene rings is 3. The number of nitrogens with zero attached hydrogens (tertiary/aromatic N) is 12. The van der Waals surface area contributed by atoms with Crippen LogP contribution in [0.25, 0.3) is 56.5 Å². The zero-order chi connectivity index (χ0) is 32.7. The summed E-state index contributed by atoms with van der Waals surface area (Å²) >= 11 is 6.56. The average molecular weight is 661 g/mol. The number of rotatable bonds is 8. The van der Waals surface area contributed by atoms with E-state index in [0.717, 1.165) is 16.7 Å². The predicted molar refractivity (Wildman–Crippen MR) is 186 cm³/mol. The lowest BCUT2D eigenvalue weighted by molar-refractivity contribution is 0.811. The lowest BCUT2D eigenvalue weighted by Gasteiger charge is -2.10. The summed E-state index contributed by atoms with van der Waals surface area (Å²) in [6.07, 6.45) is 6.33. The molecule has 12 nitrogen and oxygen atoms in total. The van der Waals surface area contributed by atoms with Gasteiger partial charge in [0.25, 0.3) is 0 Å². The van der Waals surface area contributed by atoms with Crippen molar-refractivity contribution in [1.82, 2.24) is 58.6 Å². The van der Waals surface area contributed by atoms with Gasteiger partial charge in [0.2, 0.25) is 0 Å². The standard InChI is InChI=1S/C36H25ClN12/c37-31-30-34(43-21-40-31)49(18-25-14-8-3-9-15-25)36(46-30)28-29-33(42-20-39-28)48(17-24-12-6-2-7-13-24)35(45-29)27-26-32(41-19-38-27)47(22-44-26)16-23-10-4-1-5-11-23/h1-15,19-22H,16-18H2. The predicted octanol–water partition coefficient (Wildman–Crippen LogP) is 6.24. The molecule has 0 aliphatic carbocycles. The van der Waals surface area contributed by atoms with Crippen molar-refractivity contribution in [2.24, 2.45) is 0 Å². The molecule has 0 unspecified atom stereocenters. The Hall–Kier alpha value is -6.40. The zero-order valence-corrected chi connectivity index (χ0v) is 26.6. The van der Waals surface area contributed by atoms with Gasteiger partial charge in [-0.1, -0.05) is 103 Å². The fourth-order valence-corrected chi connectivity index (χ4v) is 6.31. The molecule has 0 bridgehead atoms. The van der Waals surface area contributed by atoms with E-state index in [0.29, 0.717) is 76.2 Å². The largest absolute Gasteiger partial charge is 0.311 e. The first-order valence-electron chi connectivity index (χ1n) is 15.6. The summed E-state index contributed by atoms with van der Waals surface area (Å²) in [5, 5.41) is 0.258. The van der Waals surface area contributed by atoms with Crippen LogP contribution in [-0.2, 0) is 19.6 Å². The van der Waals surface area contributed by atoms with Crippen LogP contribution >= 0.6 is 11.6 Å². The maximum atomic E-state index is 6.56. The maximum Gasteiger partial charge on any atom is 0.165 e. The summed E-state index contributed by atoms with van der Waals surface area (Å²) in [5.74, 6) is 1.13. The second kappa shape index (κ2) is 12.0.